The van der Waals surface area contributed by atoms with E-state index in [4.69, 9.17) is 0 Å². The van der Waals surface area contributed by atoms with Crippen molar-refractivity contribution in [2.24, 2.45) is 29.6 Å². The van der Waals surface area contributed by atoms with E-state index in [0.29, 0.717) is 0 Å². The van der Waals surface area contributed by atoms with Crippen molar-refractivity contribution in [1.29, 1.82) is 0 Å². The zero-order chi connectivity index (χ0) is 24.4. The normalized spacial score (nSPS) is 14.2. The maximum atomic E-state index is 2.52. The molecular formula is C30H68. The van der Waals surface area contributed by atoms with Gasteiger partial charge in [-0.1, -0.05) is 161 Å². The largest absolute Gasteiger partial charge is 0.0683 e. The lowest BCUT2D eigenvalue weighted by atomic mass is 9.79. The Bertz CT molecular complexity index is 255. The van der Waals surface area contributed by atoms with Crippen LogP contribution in [0.1, 0.15) is 167 Å². The van der Waals surface area contributed by atoms with Gasteiger partial charge in [-0.05, 0) is 36.0 Å². The zero-order valence-electron chi connectivity index (χ0n) is 24.4. The van der Waals surface area contributed by atoms with Crippen LogP contribution in [0.4, 0.5) is 0 Å². The Labute approximate surface area is 196 Å². The zero-order valence-corrected chi connectivity index (χ0v) is 24.4. The monoisotopic (exact) mass is 429 g/mol. The van der Waals surface area contributed by atoms with Crippen molar-refractivity contribution in [2.75, 3.05) is 0 Å². The molecule has 0 N–H and O–H groups in total. The molecule has 0 aromatic carbocycles. The second-order valence-corrected chi connectivity index (χ2v) is 9.35. The van der Waals surface area contributed by atoms with Crippen molar-refractivity contribution in [2.45, 2.75) is 167 Å². The predicted molar refractivity (Wildman–Crippen MR) is 147 cm³/mol. The second-order valence-electron chi connectivity index (χ2n) is 9.35. The van der Waals surface area contributed by atoms with E-state index in [9.17, 15) is 0 Å². The molecule has 4 atom stereocenters. The van der Waals surface area contributed by atoms with Gasteiger partial charge in [0.25, 0.3) is 0 Å². The highest BCUT2D eigenvalue weighted by Gasteiger charge is 2.19. The third-order valence-electron chi connectivity index (χ3n) is 6.11. The molecule has 0 aromatic heterocycles. The predicted octanol–water partition coefficient (Wildman–Crippen LogP) is 12.0. The fraction of sp³-hybridized carbons (Fsp3) is 1.00. The SMILES string of the molecule is CC.CC.CCC.CCCC(CCC(C)C(CC)CCC)CC(CC)CCC(C)C. The lowest BCUT2D eigenvalue weighted by Crippen LogP contribution is -2.15. The number of hydrogen-bond acceptors (Lipinski definition) is 0. The van der Waals surface area contributed by atoms with Crippen LogP contribution < -0.4 is 0 Å². The van der Waals surface area contributed by atoms with Crippen LogP contribution in [0.3, 0.4) is 0 Å². The first-order valence-corrected chi connectivity index (χ1v) is 14.4. The van der Waals surface area contributed by atoms with E-state index in [-0.39, 0.29) is 0 Å². The third kappa shape index (κ3) is 26.0. The highest BCUT2D eigenvalue weighted by Crippen LogP contribution is 2.32. The quantitative estimate of drug-likeness (QED) is 0.243. The fourth-order valence-corrected chi connectivity index (χ4v) is 4.31. The van der Waals surface area contributed by atoms with E-state index in [1.54, 1.807) is 0 Å². The van der Waals surface area contributed by atoms with Gasteiger partial charge in [-0.25, -0.2) is 0 Å². The van der Waals surface area contributed by atoms with Crippen LogP contribution in [0.2, 0.25) is 0 Å². The standard InChI is InChI=1S/C23H48.C3H8.2C2H6/c1-8-12-22(18-21(10-3)16-14-19(5)6)17-15-20(7)23(11-4)13-9-2;1-3-2;2*1-2/h19-23H,8-18H2,1-7H3;3H2,1-2H3;2*1-2H3. The molecule has 0 aromatic rings. The summed E-state index contributed by atoms with van der Waals surface area (Å²) in [6, 6.07) is 0. The number of hydrogen-bond donors (Lipinski definition) is 0. The summed E-state index contributed by atoms with van der Waals surface area (Å²) in [6.07, 6.45) is 16.9. The molecule has 0 fully saturated rings. The first-order valence-electron chi connectivity index (χ1n) is 14.4. The van der Waals surface area contributed by atoms with Gasteiger partial charge in [0.2, 0.25) is 0 Å². The summed E-state index contributed by atoms with van der Waals surface area (Å²) in [5.41, 5.74) is 0. The van der Waals surface area contributed by atoms with Gasteiger partial charge in [-0.2, -0.15) is 0 Å². The maximum absolute atomic E-state index is 2.52. The molecule has 0 nitrogen and oxygen atoms in total. The van der Waals surface area contributed by atoms with Crippen LogP contribution in [0, 0.1) is 29.6 Å². The molecule has 0 aliphatic carbocycles. The van der Waals surface area contributed by atoms with E-state index in [1.807, 2.05) is 27.7 Å². The Morgan fingerprint density at radius 1 is 0.500 bits per heavy atom. The molecule has 188 valence electrons. The summed E-state index contributed by atoms with van der Waals surface area (Å²) >= 11 is 0. The van der Waals surface area contributed by atoms with Crippen molar-refractivity contribution in [3.8, 4) is 0 Å². The van der Waals surface area contributed by atoms with Crippen LogP contribution in [0.15, 0.2) is 0 Å². The minimum Gasteiger partial charge on any atom is -0.0683 e. The smallest absolute Gasteiger partial charge is 0.0391 e. The third-order valence-corrected chi connectivity index (χ3v) is 6.11. The van der Waals surface area contributed by atoms with E-state index in [0.717, 1.165) is 29.6 Å². The summed E-state index contributed by atoms with van der Waals surface area (Å²) in [4.78, 5) is 0. The molecule has 0 spiro atoms. The van der Waals surface area contributed by atoms with Crippen molar-refractivity contribution >= 4 is 0 Å². The Morgan fingerprint density at radius 2 is 0.967 bits per heavy atom. The molecule has 0 radical (unpaired) electrons. The maximum Gasteiger partial charge on any atom is -0.0391 e. The molecule has 0 rings (SSSR count). The van der Waals surface area contributed by atoms with Gasteiger partial charge in [0.15, 0.2) is 0 Å². The molecule has 0 heterocycles. The Balaban J connectivity index is -0.000000427. The van der Waals surface area contributed by atoms with Gasteiger partial charge in [0.05, 0.1) is 0 Å². The average Bonchev–Trinajstić information content (AvgIpc) is 2.76. The van der Waals surface area contributed by atoms with Crippen LogP contribution in [0.5, 0.6) is 0 Å². The molecule has 30 heavy (non-hydrogen) atoms. The van der Waals surface area contributed by atoms with Crippen molar-refractivity contribution in [3.63, 3.8) is 0 Å². The second kappa shape index (κ2) is 31.2. The van der Waals surface area contributed by atoms with Crippen LogP contribution in [-0.2, 0) is 0 Å². The summed E-state index contributed by atoms with van der Waals surface area (Å²) in [7, 11) is 0. The van der Waals surface area contributed by atoms with Crippen LogP contribution >= 0.6 is 0 Å². The molecule has 0 amide bonds. The average molecular weight is 429 g/mol. The van der Waals surface area contributed by atoms with E-state index < -0.39 is 0 Å². The van der Waals surface area contributed by atoms with Gasteiger partial charge in [-0.15, -0.1) is 0 Å². The minimum atomic E-state index is 0.869. The fourth-order valence-electron chi connectivity index (χ4n) is 4.31. The van der Waals surface area contributed by atoms with Crippen LogP contribution in [-0.4, -0.2) is 0 Å². The highest BCUT2D eigenvalue weighted by molar-refractivity contribution is 4.71. The lowest BCUT2D eigenvalue weighted by molar-refractivity contribution is 0.248. The minimum absolute atomic E-state index is 0.869. The summed E-state index contributed by atoms with van der Waals surface area (Å²) in [6.45, 7) is 29.0. The number of rotatable bonds is 15. The molecule has 0 heteroatoms. The molecule has 0 aliphatic heterocycles. The molecular weight excluding hydrogens is 360 g/mol. The molecule has 0 aliphatic rings. The Morgan fingerprint density at radius 3 is 1.33 bits per heavy atom. The van der Waals surface area contributed by atoms with E-state index in [2.05, 4.69) is 62.3 Å². The molecule has 0 bridgehead atoms. The Kier molecular flexibility index (Phi) is 38.8. The van der Waals surface area contributed by atoms with Crippen molar-refractivity contribution in [1.82, 2.24) is 0 Å². The van der Waals surface area contributed by atoms with Gasteiger partial charge in [-0.3, -0.25) is 0 Å². The molecule has 0 saturated heterocycles. The molecule has 0 saturated carbocycles. The van der Waals surface area contributed by atoms with Crippen molar-refractivity contribution in [3.05, 3.63) is 0 Å². The summed E-state index contributed by atoms with van der Waals surface area (Å²) in [5, 5.41) is 0. The first kappa shape index (κ1) is 37.3. The van der Waals surface area contributed by atoms with Gasteiger partial charge in [0, 0.05) is 0 Å². The summed E-state index contributed by atoms with van der Waals surface area (Å²) in [5.74, 6) is 4.72. The van der Waals surface area contributed by atoms with E-state index in [1.165, 1.54) is 77.0 Å². The highest BCUT2D eigenvalue weighted by atomic mass is 14.2. The van der Waals surface area contributed by atoms with Gasteiger partial charge in [0.1, 0.15) is 0 Å². The van der Waals surface area contributed by atoms with Crippen molar-refractivity contribution < 1.29 is 0 Å². The van der Waals surface area contributed by atoms with Gasteiger partial charge >= 0.3 is 0 Å². The van der Waals surface area contributed by atoms with Gasteiger partial charge < -0.3 is 0 Å². The van der Waals surface area contributed by atoms with Crippen LogP contribution in [0.25, 0.3) is 0 Å². The molecule has 4 unspecified atom stereocenters. The first-order chi connectivity index (χ1) is 14.4. The lowest BCUT2D eigenvalue weighted by Gasteiger charge is -2.27. The topological polar surface area (TPSA) is 0 Å². The Hall–Kier alpha value is 0. The van der Waals surface area contributed by atoms with E-state index >= 15 is 0 Å². The summed E-state index contributed by atoms with van der Waals surface area (Å²) < 4.78 is 0.